The maximum absolute atomic E-state index is 11.4. The fourth-order valence-electron chi connectivity index (χ4n) is 2.21. The molecule has 0 spiro atoms. The molecular weight excluding hydrogens is 212 g/mol. The smallest absolute Gasteiger partial charge is 0.131 e. The summed E-state index contributed by atoms with van der Waals surface area (Å²) in [7, 11) is 4.02. The quantitative estimate of drug-likeness (QED) is 0.876. The summed E-state index contributed by atoms with van der Waals surface area (Å²) in [4.78, 5) is 16.7. The summed E-state index contributed by atoms with van der Waals surface area (Å²) in [6.07, 6.45) is 2.56. The zero-order valence-electron chi connectivity index (χ0n) is 10.5. The molecule has 0 aliphatic heterocycles. The topological polar surface area (TPSA) is 36.1 Å². The van der Waals surface area contributed by atoms with Crippen LogP contribution < -0.4 is 0 Å². The van der Waals surface area contributed by atoms with Crippen molar-refractivity contribution in [2.45, 2.75) is 19.4 Å². The Balaban J connectivity index is 2.45. The number of benzene rings is 1. The minimum Gasteiger partial charge on any atom is -0.361 e. The Morgan fingerprint density at radius 1 is 1.35 bits per heavy atom. The first-order chi connectivity index (χ1) is 8.09. The van der Waals surface area contributed by atoms with Crippen LogP contribution in [0.5, 0.6) is 0 Å². The molecule has 0 aliphatic rings. The first-order valence-corrected chi connectivity index (χ1v) is 5.81. The number of nitrogens with zero attached hydrogens (tertiary/aromatic N) is 1. The lowest BCUT2D eigenvalue weighted by Gasteiger charge is -2.23. The number of rotatable bonds is 4. The number of fused-ring (bicyclic) bond motifs is 1. The predicted molar refractivity (Wildman–Crippen MR) is 70.0 cm³/mol. The summed E-state index contributed by atoms with van der Waals surface area (Å²) in [5.41, 5.74) is 2.32. The van der Waals surface area contributed by atoms with Gasteiger partial charge in [-0.05, 0) is 32.6 Å². The second-order valence-electron chi connectivity index (χ2n) is 4.68. The summed E-state index contributed by atoms with van der Waals surface area (Å²) >= 11 is 0. The lowest BCUT2D eigenvalue weighted by molar-refractivity contribution is -0.118. The number of aromatic amines is 1. The Kier molecular flexibility index (Phi) is 3.29. The van der Waals surface area contributed by atoms with E-state index in [2.05, 4.69) is 22.0 Å². The van der Waals surface area contributed by atoms with Crippen LogP contribution in [0.4, 0.5) is 0 Å². The van der Waals surface area contributed by atoms with E-state index in [0.29, 0.717) is 6.42 Å². The van der Waals surface area contributed by atoms with Crippen molar-refractivity contribution in [3.05, 3.63) is 36.0 Å². The van der Waals surface area contributed by atoms with E-state index in [1.54, 1.807) is 6.92 Å². The maximum Gasteiger partial charge on any atom is 0.131 e. The number of ketones is 1. The molecule has 0 aliphatic carbocycles. The zero-order chi connectivity index (χ0) is 12.4. The van der Waals surface area contributed by atoms with Crippen molar-refractivity contribution in [3.8, 4) is 0 Å². The molecule has 90 valence electrons. The van der Waals surface area contributed by atoms with Crippen LogP contribution in [-0.4, -0.2) is 29.8 Å². The van der Waals surface area contributed by atoms with Crippen LogP contribution in [0, 0.1) is 0 Å². The summed E-state index contributed by atoms with van der Waals surface area (Å²) in [5.74, 6) is 0.217. The highest BCUT2D eigenvalue weighted by Gasteiger charge is 2.19. The Bertz CT molecular complexity index is 528. The van der Waals surface area contributed by atoms with Crippen molar-refractivity contribution < 1.29 is 4.79 Å². The molecule has 2 aromatic rings. The molecule has 0 saturated carbocycles. The number of aromatic nitrogens is 1. The van der Waals surface area contributed by atoms with Crippen LogP contribution in [0.3, 0.4) is 0 Å². The number of carbonyl (C=O) groups excluding carboxylic acids is 1. The molecular formula is C14H18N2O. The van der Waals surface area contributed by atoms with Crippen LogP contribution in [0.2, 0.25) is 0 Å². The van der Waals surface area contributed by atoms with Gasteiger partial charge in [0.15, 0.2) is 0 Å². The van der Waals surface area contributed by atoms with Gasteiger partial charge >= 0.3 is 0 Å². The summed E-state index contributed by atoms with van der Waals surface area (Å²) in [6, 6.07) is 8.33. The van der Waals surface area contributed by atoms with Gasteiger partial charge in [-0.25, -0.2) is 0 Å². The number of Topliss-reactive ketones (excluding diaryl/α,β-unsaturated/α-hetero) is 1. The van der Waals surface area contributed by atoms with Crippen molar-refractivity contribution in [2.75, 3.05) is 14.1 Å². The minimum atomic E-state index is 0.142. The molecule has 0 radical (unpaired) electrons. The van der Waals surface area contributed by atoms with Crippen molar-refractivity contribution in [2.24, 2.45) is 0 Å². The zero-order valence-corrected chi connectivity index (χ0v) is 10.5. The molecule has 3 nitrogen and oxygen atoms in total. The van der Waals surface area contributed by atoms with E-state index in [0.717, 1.165) is 5.52 Å². The highest BCUT2D eigenvalue weighted by Crippen LogP contribution is 2.29. The number of para-hydroxylation sites is 1. The van der Waals surface area contributed by atoms with E-state index in [1.165, 1.54) is 10.9 Å². The van der Waals surface area contributed by atoms with Crippen LogP contribution >= 0.6 is 0 Å². The van der Waals surface area contributed by atoms with Crippen molar-refractivity contribution in [3.63, 3.8) is 0 Å². The van der Waals surface area contributed by atoms with Crippen molar-refractivity contribution in [1.29, 1.82) is 0 Å². The number of nitrogens with one attached hydrogen (secondary N) is 1. The molecule has 0 fully saturated rings. The Hall–Kier alpha value is -1.61. The maximum atomic E-state index is 11.4. The molecule has 1 atom stereocenters. The monoisotopic (exact) mass is 230 g/mol. The predicted octanol–water partition coefficient (Wildman–Crippen LogP) is 2.75. The van der Waals surface area contributed by atoms with E-state index in [1.807, 2.05) is 32.4 Å². The lowest BCUT2D eigenvalue weighted by atomic mass is 10.0. The van der Waals surface area contributed by atoms with Gasteiger partial charge in [0.25, 0.3) is 0 Å². The summed E-state index contributed by atoms with van der Waals surface area (Å²) < 4.78 is 0. The SMILES string of the molecule is CC(=O)CC(c1c[nH]c2ccccc12)N(C)C. The molecule has 1 aromatic heterocycles. The lowest BCUT2D eigenvalue weighted by Crippen LogP contribution is -2.21. The number of hydrogen-bond acceptors (Lipinski definition) is 2. The third-order valence-corrected chi connectivity index (χ3v) is 3.08. The van der Waals surface area contributed by atoms with Crippen LogP contribution in [0.1, 0.15) is 24.9 Å². The molecule has 1 aromatic carbocycles. The third kappa shape index (κ3) is 2.39. The number of hydrogen-bond donors (Lipinski definition) is 1. The van der Waals surface area contributed by atoms with E-state index in [4.69, 9.17) is 0 Å². The number of carbonyl (C=O) groups is 1. The average molecular weight is 230 g/mol. The van der Waals surface area contributed by atoms with Gasteiger partial charge in [0, 0.05) is 29.6 Å². The highest BCUT2D eigenvalue weighted by atomic mass is 16.1. The summed E-state index contributed by atoms with van der Waals surface area (Å²) in [5, 5.41) is 1.20. The highest BCUT2D eigenvalue weighted by molar-refractivity contribution is 5.85. The van der Waals surface area contributed by atoms with Crippen LogP contribution in [0.15, 0.2) is 30.5 Å². The average Bonchev–Trinajstić information content (AvgIpc) is 2.69. The normalized spacial score (nSPS) is 13.2. The second kappa shape index (κ2) is 4.72. The molecule has 0 bridgehead atoms. The van der Waals surface area contributed by atoms with E-state index in [9.17, 15) is 4.79 Å². The molecule has 17 heavy (non-hydrogen) atoms. The molecule has 1 unspecified atom stereocenters. The minimum absolute atomic E-state index is 0.142. The molecule has 3 heteroatoms. The molecule has 1 N–H and O–H groups in total. The molecule has 0 saturated heterocycles. The molecule has 2 rings (SSSR count). The fraction of sp³-hybridized carbons (Fsp3) is 0.357. The largest absolute Gasteiger partial charge is 0.361 e. The number of H-pyrrole nitrogens is 1. The van der Waals surface area contributed by atoms with Crippen molar-refractivity contribution in [1.82, 2.24) is 9.88 Å². The Morgan fingerprint density at radius 3 is 2.71 bits per heavy atom. The molecule has 1 heterocycles. The first kappa shape index (κ1) is 11.9. The van der Waals surface area contributed by atoms with Gasteiger partial charge in [0.2, 0.25) is 0 Å². The van der Waals surface area contributed by atoms with Gasteiger partial charge in [-0.15, -0.1) is 0 Å². The van der Waals surface area contributed by atoms with E-state index in [-0.39, 0.29) is 11.8 Å². The van der Waals surface area contributed by atoms with Gasteiger partial charge in [-0.1, -0.05) is 18.2 Å². The Labute approximate surface area is 101 Å². The van der Waals surface area contributed by atoms with Crippen molar-refractivity contribution >= 4 is 16.7 Å². The fourth-order valence-corrected chi connectivity index (χ4v) is 2.21. The molecule has 0 amide bonds. The van der Waals surface area contributed by atoms with E-state index >= 15 is 0 Å². The van der Waals surface area contributed by atoms with Gasteiger partial charge in [0.1, 0.15) is 5.78 Å². The Morgan fingerprint density at radius 2 is 2.06 bits per heavy atom. The van der Waals surface area contributed by atoms with Gasteiger partial charge in [-0.3, -0.25) is 4.79 Å². The van der Waals surface area contributed by atoms with Gasteiger partial charge in [-0.2, -0.15) is 0 Å². The third-order valence-electron chi connectivity index (χ3n) is 3.08. The first-order valence-electron chi connectivity index (χ1n) is 5.81. The summed E-state index contributed by atoms with van der Waals surface area (Å²) in [6.45, 7) is 1.64. The van der Waals surface area contributed by atoms with Crippen LogP contribution in [0.25, 0.3) is 10.9 Å². The van der Waals surface area contributed by atoms with Crippen LogP contribution in [-0.2, 0) is 4.79 Å². The second-order valence-corrected chi connectivity index (χ2v) is 4.68. The van der Waals surface area contributed by atoms with E-state index < -0.39 is 0 Å². The van der Waals surface area contributed by atoms with Gasteiger partial charge < -0.3 is 9.88 Å². The van der Waals surface area contributed by atoms with Gasteiger partial charge in [0.05, 0.1) is 0 Å². The standard InChI is InChI=1S/C14H18N2O/c1-10(17)8-14(16(2)3)12-9-15-13-7-5-4-6-11(12)13/h4-7,9,14-15H,8H2,1-3H3.